The summed E-state index contributed by atoms with van der Waals surface area (Å²) in [6.45, 7) is 3.82. The van der Waals surface area contributed by atoms with Gasteiger partial charge in [0.1, 0.15) is 17.2 Å². The predicted octanol–water partition coefficient (Wildman–Crippen LogP) is 2.69. The number of aromatic nitrogens is 1. The number of ether oxygens (including phenoxy) is 3. The van der Waals surface area contributed by atoms with Gasteiger partial charge in [-0.2, -0.15) is 0 Å². The van der Waals surface area contributed by atoms with Crippen molar-refractivity contribution in [3.8, 4) is 5.75 Å². The summed E-state index contributed by atoms with van der Waals surface area (Å²) < 4.78 is 45.7. The highest BCUT2D eigenvalue weighted by Crippen LogP contribution is 2.46. The van der Waals surface area contributed by atoms with Crippen LogP contribution in [0.15, 0.2) is 34.3 Å². The number of hydrogen-bond donors (Lipinski definition) is 1. The standard InChI is InChI=1S/C30H32F2N4O8/c1-15-7-9-42-25(15)29(40)43-26-23-28(39)35-14-21(30(8-6-16(35)2)11-22(41-3)34-44-30)36(23)13-19(24(26)37)27(38)33-12-17-4-5-18(31)10-20(17)32/h4-5,10,13,15-16,21,25H,6-9,11-12,14H2,1-3H3,(H,33,38)/t15?,16-,21+,25?,30-/m0/s1. The van der Waals surface area contributed by atoms with Crippen molar-refractivity contribution in [1.82, 2.24) is 14.8 Å². The average Bonchev–Trinajstić information content (AvgIpc) is 3.60. The lowest BCUT2D eigenvalue weighted by molar-refractivity contribution is -0.146. The smallest absolute Gasteiger partial charge is 0.341 e. The van der Waals surface area contributed by atoms with Crippen molar-refractivity contribution in [2.75, 3.05) is 20.3 Å². The maximum absolute atomic E-state index is 14.3. The van der Waals surface area contributed by atoms with Crippen LogP contribution in [0.2, 0.25) is 0 Å². The highest BCUT2D eigenvalue weighted by Gasteiger charge is 2.55. The summed E-state index contributed by atoms with van der Waals surface area (Å²) in [5, 5.41) is 6.57. The first-order valence-electron chi connectivity index (χ1n) is 14.5. The van der Waals surface area contributed by atoms with Gasteiger partial charge in [-0.05, 0) is 38.2 Å². The Balaban J connectivity index is 1.46. The lowest BCUT2D eigenvalue weighted by Crippen LogP contribution is -2.53. The SMILES string of the molecule is COC1=NO[C@@]2(CC[C@H](C)N3C[C@H]2n2cc(C(=O)NCc4ccc(F)cc4F)c(=O)c(OC(=O)C4OCCC4C)c2C3=O)C1. The minimum atomic E-state index is -0.997. The molecule has 2 fully saturated rings. The number of fused-ring (bicyclic) bond motifs is 5. The highest BCUT2D eigenvalue weighted by atomic mass is 19.1. The minimum Gasteiger partial charge on any atom is -0.482 e. The van der Waals surface area contributed by atoms with Crippen molar-refractivity contribution < 1.29 is 42.2 Å². The summed E-state index contributed by atoms with van der Waals surface area (Å²) >= 11 is 0. The molecule has 14 heteroatoms. The van der Waals surface area contributed by atoms with E-state index in [2.05, 4.69) is 10.5 Å². The number of amides is 2. The van der Waals surface area contributed by atoms with E-state index in [-0.39, 0.29) is 42.7 Å². The second kappa shape index (κ2) is 11.3. The van der Waals surface area contributed by atoms with Gasteiger partial charge < -0.3 is 33.8 Å². The van der Waals surface area contributed by atoms with Crippen molar-refractivity contribution in [1.29, 1.82) is 0 Å². The number of halogens is 2. The zero-order valence-electron chi connectivity index (χ0n) is 24.4. The summed E-state index contributed by atoms with van der Waals surface area (Å²) in [5.41, 5.74) is -2.65. The molecule has 1 N–H and O–H groups in total. The summed E-state index contributed by atoms with van der Waals surface area (Å²) in [5.74, 6) is -4.42. The van der Waals surface area contributed by atoms with Crippen LogP contribution < -0.4 is 15.5 Å². The van der Waals surface area contributed by atoms with Gasteiger partial charge in [0, 0.05) is 43.6 Å². The normalized spacial score (nSPS) is 27.3. The van der Waals surface area contributed by atoms with Gasteiger partial charge in [0.05, 0.1) is 19.6 Å². The predicted molar refractivity (Wildman–Crippen MR) is 149 cm³/mol. The Labute approximate surface area is 250 Å². The first-order valence-corrected chi connectivity index (χ1v) is 14.5. The molecule has 2 bridgehead atoms. The van der Waals surface area contributed by atoms with Crippen LogP contribution in [-0.2, 0) is 25.7 Å². The maximum Gasteiger partial charge on any atom is 0.341 e. The first kappa shape index (κ1) is 29.7. The molecule has 1 spiro atoms. The number of carbonyl (C=O) groups is 3. The molecule has 5 heterocycles. The monoisotopic (exact) mass is 614 g/mol. The molecule has 44 heavy (non-hydrogen) atoms. The lowest BCUT2D eigenvalue weighted by atomic mass is 9.85. The molecule has 0 aliphatic carbocycles. The van der Waals surface area contributed by atoms with E-state index in [4.69, 9.17) is 19.0 Å². The van der Waals surface area contributed by atoms with E-state index in [9.17, 15) is 28.0 Å². The molecular formula is C30H32F2N4O8. The van der Waals surface area contributed by atoms with Gasteiger partial charge in [-0.1, -0.05) is 18.1 Å². The Morgan fingerprint density at radius 3 is 2.68 bits per heavy atom. The number of carbonyl (C=O) groups excluding carboxylic acids is 3. The Hall–Kier alpha value is -4.33. The van der Waals surface area contributed by atoms with Crippen molar-refractivity contribution >= 4 is 23.7 Å². The highest BCUT2D eigenvalue weighted by molar-refractivity contribution is 6.00. The Bertz CT molecular complexity index is 1630. The summed E-state index contributed by atoms with van der Waals surface area (Å²) in [7, 11) is 1.47. The van der Waals surface area contributed by atoms with Gasteiger partial charge in [0.15, 0.2) is 17.4 Å². The van der Waals surface area contributed by atoms with Gasteiger partial charge in [0.25, 0.3) is 11.8 Å². The van der Waals surface area contributed by atoms with Crippen LogP contribution in [0.5, 0.6) is 5.75 Å². The fourth-order valence-electron chi connectivity index (χ4n) is 6.36. The number of methoxy groups -OCH3 is 1. The number of benzene rings is 1. The zero-order valence-corrected chi connectivity index (χ0v) is 24.4. The molecule has 12 nitrogen and oxygen atoms in total. The molecule has 2 aromatic rings. The number of nitrogens with one attached hydrogen (secondary N) is 1. The third-order valence-electron chi connectivity index (χ3n) is 9.02. The Morgan fingerprint density at radius 1 is 1.20 bits per heavy atom. The van der Waals surface area contributed by atoms with Crippen LogP contribution in [0.4, 0.5) is 8.78 Å². The van der Waals surface area contributed by atoms with E-state index >= 15 is 0 Å². The molecule has 1 aromatic carbocycles. The summed E-state index contributed by atoms with van der Waals surface area (Å²) in [4.78, 5) is 62.3. The molecule has 5 atom stereocenters. The van der Waals surface area contributed by atoms with Crippen LogP contribution in [0, 0.1) is 17.6 Å². The van der Waals surface area contributed by atoms with E-state index < -0.39 is 63.9 Å². The average molecular weight is 615 g/mol. The van der Waals surface area contributed by atoms with Crippen molar-refractivity contribution in [3.63, 3.8) is 0 Å². The molecule has 0 radical (unpaired) electrons. The molecule has 4 aliphatic heterocycles. The molecule has 6 rings (SSSR count). The van der Waals surface area contributed by atoms with E-state index in [0.29, 0.717) is 37.8 Å². The van der Waals surface area contributed by atoms with E-state index in [1.54, 1.807) is 11.8 Å². The molecule has 234 valence electrons. The van der Waals surface area contributed by atoms with Gasteiger partial charge in [0.2, 0.25) is 17.1 Å². The molecule has 2 amide bonds. The number of oxime groups is 1. The molecule has 2 saturated heterocycles. The zero-order chi connectivity index (χ0) is 31.3. The topological polar surface area (TPSA) is 138 Å². The van der Waals surface area contributed by atoms with Gasteiger partial charge in [-0.3, -0.25) is 14.4 Å². The maximum atomic E-state index is 14.3. The van der Waals surface area contributed by atoms with Crippen LogP contribution >= 0.6 is 0 Å². The summed E-state index contributed by atoms with van der Waals surface area (Å²) in [6.07, 6.45) is 2.17. The van der Waals surface area contributed by atoms with E-state index in [0.717, 1.165) is 6.07 Å². The largest absolute Gasteiger partial charge is 0.482 e. The minimum absolute atomic E-state index is 0.0111. The van der Waals surface area contributed by atoms with E-state index in [1.807, 2.05) is 6.92 Å². The third kappa shape index (κ3) is 5.00. The lowest BCUT2D eigenvalue weighted by Gasteiger charge is -2.42. The third-order valence-corrected chi connectivity index (χ3v) is 9.02. The van der Waals surface area contributed by atoms with Crippen molar-refractivity contribution in [2.24, 2.45) is 11.1 Å². The second-order valence-corrected chi connectivity index (χ2v) is 11.7. The number of nitrogens with zero attached hydrogens (tertiary/aromatic N) is 3. The van der Waals surface area contributed by atoms with Crippen molar-refractivity contribution in [3.05, 3.63) is 63.1 Å². The van der Waals surface area contributed by atoms with Crippen molar-refractivity contribution in [2.45, 2.75) is 69.9 Å². The number of hydrogen-bond acceptors (Lipinski definition) is 9. The van der Waals surface area contributed by atoms with Gasteiger partial charge in [-0.15, -0.1) is 0 Å². The fourth-order valence-corrected chi connectivity index (χ4v) is 6.36. The second-order valence-electron chi connectivity index (χ2n) is 11.7. The van der Waals surface area contributed by atoms with Gasteiger partial charge >= 0.3 is 5.97 Å². The van der Waals surface area contributed by atoms with Gasteiger partial charge in [-0.25, -0.2) is 13.6 Å². The molecule has 1 aromatic heterocycles. The molecule has 2 unspecified atom stereocenters. The number of pyridine rings is 1. The van der Waals surface area contributed by atoms with Crippen LogP contribution in [-0.4, -0.2) is 71.2 Å². The first-order chi connectivity index (χ1) is 21.0. The summed E-state index contributed by atoms with van der Waals surface area (Å²) in [6, 6.07) is 2.00. The molecule has 4 aliphatic rings. The van der Waals surface area contributed by atoms with E-state index in [1.165, 1.54) is 23.9 Å². The number of esters is 1. The quantitative estimate of drug-likeness (QED) is 0.508. The molecular weight excluding hydrogens is 582 g/mol. The van der Waals surface area contributed by atoms with Crippen LogP contribution in [0.25, 0.3) is 0 Å². The Morgan fingerprint density at radius 2 is 2.00 bits per heavy atom. The van der Waals surface area contributed by atoms with Crippen LogP contribution in [0.3, 0.4) is 0 Å². The molecule has 0 saturated carbocycles. The Kier molecular flexibility index (Phi) is 7.64. The fraction of sp³-hybridized carbons (Fsp3) is 0.500. The van der Waals surface area contributed by atoms with Crippen LogP contribution in [0.1, 0.15) is 72.0 Å². The number of rotatable bonds is 5.